The molecule has 3 aromatic heterocycles. The van der Waals surface area contributed by atoms with E-state index in [1.165, 1.54) is 15.4 Å². The van der Waals surface area contributed by atoms with Crippen LogP contribution < -0.4 is 5.56 Å². The molecule has 4 heterocycles. The van der Waals surface area contributed by atoms with E-state index in [0.29, 0.717) is 38.0 Å². The number of rotatable bonds is 6. The lowest BCUT2D eigenvalue weighted by Crippen LogP contribution is -2.50. The molecule has 1 saturated heterocycles. The van der Waals surface area contributed by atoms with E-state index in [1.807, 2.05) is 53.4 Å². The molecule has 38 heavy (non-hydrogen) atoms. The molecule has 0 unspecified atom stereocenters. The van der Waals surface area contributed by atoms with Crippen LogP contribution in [0.5, 0.6) is 0 Å². The van der Waals surface area contributed by atoms with Crippen LogP contribution in [-0.2, 0) is 11.3 Å². The number of nitrogens with one attached hydrogen (secondary N) is 1. The maximum Gasteiger partial charge on any atom is 0.296 e. The Hall–Kier alpha value is -4.31. The number of fused-ring (bicyclic) bond motifs is 2. The number of imidazole rings is 1. The van der Waals surface area contributed by atoms with Crippen molar-refractivity contribution in [3.05, 3.63) is 83.2 Å². The molecule has 10 heteroatoms. The topological polar surface area (TPSA) is 121 Å². The summed E-state index contributed by atoms with van der Waals surface area (Å²) in [4.78, 5) is 32.3. The van der Waals surface area contributed by atoms with E-state index >= 15 is 0 Å². The van der Waals surface area contributed by atoms with Gasteiger partial charge in [-0.25, -0.2) is 9.50 Å². The van der Waals surface area contributed by atoms with Gasteiger partial charge in [-0.15, -0.1) is 0 Å². The molecule has 0 bridgehead atoms. The third-order valence-electron chi connectivity index (χ3n) is 7.60. The minimum Gasteiger partial charge on any atom is -0.388 e. The smallest absolute Gasteiger partial charge is 0.296 e. The molecule has 0 aliphatic carbocycles. The largest absolute Gasteiger partial charge is 0.388 e. The van der Waals surface area contributed by atoms with E-state index < -0.39 is 5.60 Å². The van der Waals surface area contributed by atoms with Crippen molar-refractivity contribution in [1.82, 2.24) is 34.3 Å². The number of carbonyl (C=O) groups is 1. The lowest BCUT2D eigenvalue weighted by atomic mass is 9.90. The van der Waals surface area contributed by atoms with Crippen molar-refractivity contribution < 1.29 is 9.90 Å². The third kappa shape index (κ3) is 4.47. The van der Waals surface area contributed by atoms with Crippen LogP contribution in [0, 0.1) is 0 Å². The van der Waals surface area contributed by atoms with Crippen LogP contribution in [0.3, 0.4) is 0 Å². The number of nitrogens with zero attached hydrogens (tertiary/aromatic N) is 6. The summed E-state index contributed by atoms with van der Waals surface area (Å²) in [5.41, 5.74) is 2.34. The Morgan fingerprint density at radius 1 is 1.13 bits per heavy atom. The third-order valence-corrected chi connectivity index (χ3v) is 7.60. The lowest BCUT2D eigenvalue weighted by Gasteiger charge is -2.38. The number of aromatic nitrogens is 6. The Bertz CT molecular complexity index is 1660. The zero-order chi connectivity index (χ0) is 26.3. The molecule has 1 atom stereocenters. The van der Waals surface area contributed by atoms with Crippen LogP contribution in [0.4, 0.5) is 0 Å². The quantitative estimate of drug-likeness (QED) is 0.362. The predicted molar refractivity (Wildman–Crippen MR) is 143 cm³/mol. The van der Waals surface area contributed by atoms with Crippen molar-refractivity contribution in [1.29, 1.82) is 0 Å². The first-order valence-electron chi connectivity index (χ1n) is 12.8. The van der Waals surface area contributed by atoms with Gasteiger partial charge in [-0.2, -0.15) is 10.2 Å². The number of hydrogen-bond donors (Lipinski definition) is 2. The van der Waals surface area contributed by atoms with E-state index in [4.69, 9.17) is 0 Å². The Morgan fingerprint density at radius 3 is 2.71 bits per heavy atom. The van der Waals surface area contributed by atoms with Crippen LogP contribution in [0.2, 0.25) is 0 Å². The highest BCUT2D eigenvalue weighted by atomic mass is 16.3. The van der Waals surface area contributed by atoms with Crippen molar-refractivity contribution in [2.45, 2.75) is 44.2 Å². The first kappa shape index (κ1) is 24.1. The SMILES string of the molecule is C[C@H](CC(=O)N1CCC(O)(Cn2cnn3c(-c4ccc5cn[nH]c5c4)cnc3c2=O)CC1)c1ccccc1. The van der Waals surface area contributed by atoms with E-state index in [0.717, 1.165) is 22.0 Å². The number of H-pyrrole nitrogens is 1. The van der Waals surface area contributed by atoms with Crippen LogP contribution in [0.1, 0.15) is 37.7 Å². The number of piperidine rings is 1. The summed E-state index contributed by atoms with van der Waals surface area (Å²) in [6.07, 6.45) is 6.03. The first-order valence-corrected chi connectivity index (χ1v) is 12.8. The van der Waals surface area contributed by atoms with Gasteiger partial charge in [0.25, 0.3) is 5.56 Å². The summed E-state index contributed by atoms with van der Waals surface area (Å²) >= 11 is 0. The van der Waals surface area contributed by atoms with Gasteiger partial charge >= 0.3 is 0 Å². The molecule has 2 aromatic carbocycles. The molecule has 0 saturated carbocycles. The number of carbonyl (C=O) groups excluding carboxylic acids is 1. The van der Waals surface area contributed by atoms with E-state index in [-0.39, 0.29) is 29.6 Å². The molecule has 1 aliphatic heterocycles. The summed E-state index contributed by atoms with van der Waals surface area (Å²) < 4.78 is 2.94. The fourth-order valence-corrected chi connectivity index (χ4v) is 5.25. The Balaban J connectivity index is 1.14. The van der Waals surface area contributed by atoms with Gasteiger partial charge in [0.05, 0.1) is 35.8 Å². The fraction of sp³-hybridized carbons (Fsp3) is 0.321. The number of benzene rings is 2. The van der Waals surface area contributed by atoms with Crippen molar-refractivity contribution in [2.75, 3.05) is 13.1 Å². The van der Waals surface area contributed by atoms with Gasteiger partial charge in [0.1, 0.15) is 6.33 Å². The minimum absolute atomic E-state index is 0.0851. The Morgan fingerprint density at radius 2 is 1.92 bits per heavy atom. The Labute approximate surface area is 218 Å². The number of likely N-dealkylation sites (tertiary alicyclic amines) is 1. The van der Waals surface area contributed by atoms with Crippen LogP contribution >= 0.6 is 0 Å². The van der Waals surface area contributed by atoms with Crippen molar-refractivity contribution in [3.63, 3.8) is 0 Å². The van der Waals surface area contributed by atoms with E-state index in [1.54, 1.807) is 12.4 Å². The average molecular weight is 512 g/mol. The molecule has 5 aromatic rings. The highest BCUT2D eigenvalue weighted by Crippen LogP contribution is 2.27. The van der Waals surface area contributed by atoms with Crippen LogP contribution in [0.25, 0.3) is 27.8 Å². The molecule has 6 rings (SSSR count). The second-order valence-corrected chi connectivity index (χ2v) is 10.2. The normalized spacial score (nSPS) is 16.2. The molecule has 10 nitrogen and oxygen atoms in total. The van der Waals surface area contributed by atoms with Gasteiger partial charge in [0, 0.05) is 30.5 Å². The molecule has 1 amide bonds. The molecule has 0 radical (unpaired) electrons. The second-order valence-electron chi connectivity index (χ2n) is 10.2. The maximum absolute atomic E-state index is 13.2. The minimum atomic E-state index is -1.10. The van der Waals surface area contributed by atoms with Crippen LogP contribution in [-0.4, -0.2) is 64.0 Å². The van der Waals surface area contributed by atoms with Gasteiger partial charge in [0.2, 0.25) is 11.6 Å². The summed E-state index contributed by atoms with van der Waals surface area (Å²) in [6.45, 7) is 3.05. The van der Waals surface area contributed by atoms with Crippen LogP contribution in [0.15, 0.2) is 72.0 Å². The molecule has 2 N–H and O–H groups in total. The number of hydrogen-bond acceptors (Lipinski definition) is 6. The van der Waals surface area contributed by atoms with Crippen molar-refractivity contribution in [3.8, 4) is 11.3 Å². The second kappa shape index (κ2) is 9.53. The molecule has 1 aliphatic rings. The van der Waals surface area contributed by atoms with Gasteiger partial charge in [-0.3, -0.25) is 19.3 Å². The van der Waals surface area contributed by atoms with E-state index in [9.17, 15) is 14.7 Å². The fourth-order valence-electron chi connectivity index (χ4n) is 5.25. The lowest BCUT2D eigenvalue weighted by molar-refractivity contribution is -0.136. The monoisotopic (exact) mass is 511 g/mol. The van der Waals surface area contributed by atoms with E-state index in [2.05, 4.69) is 27.2 Å². The highest BCUT2D eigenvalue weighted by molar-refractivity contribution is 5.83. The Kier molecular flexibility index (Phi) is 6.03. The van der Waals surface area contributed by atoms with Gasteiger partial charge in [-0.05, 0) is 30.4 Å². The highest BCUT2D eigenvalue weighted by Gasteiger charge is 2.35. The summed E-state index contributed by atoms with van der Waals surface area (Å²) in [5, 5.41) is 23.7. The summed E-state index contributed by atoms with van der Waals surface area (Å²) in [5.74, 6) is 0.212. The standard InChI is InChI=1S/C28H29N7O3/c1-19(20-5-3-2-4-6-20)13-25(36)33-11-9-28(38,10-12-33)17-34-18-31-35-24(16-29-26(35)27(34)37)21-7-8-22-15-30-32-23(22)14-21/h2-8,14-16,18-19,38H,9-13,17H2,1H3,(H,30,32)/t19-/m1/s1. The average Bonchev–Trinajstić information content (AvgIpc) is 3.58. The zero-order valence-corrected chi connectivity index (χ0v) is 21.1. The molecule has 1 fully saturated rings. The van der Waals surface area contributed by atoms with Gasteiger partial charge in [0.15, 0.2) is 0 Å². The molecule has 194 valence electrons. The molecular weight excluding hydrogens is 482 g/mol. The summed E-state index contributed by atoms with van der Waals surface area (Å²) in [7, 11) is 0. The van der Waals surface area contributed by atoms with Crippen molar-refractivity contribution in [2.24, 2.45) is 0 Å². The van der Waals surface area contributed by atoms with Crippen molar-refractivity contribution >= 4 is 22.5 Å². The van der Waals surface area contributed by atoms with Gasteiger partial charge < -0.3 is 10.0 Å². The van der Waals surface area contributed by atoms with Gasteiger partial charge in [-0.1, -0.05) is 49.4 Å². The number of aliphatic hydroxyl groups is 1. The first-order chi connectivity index (χ1) is 18.4. The molecular formula is C28H29N7O3. The number of aromatic amines is 1. The maximum atomic E-state index is 13.2. The summed E-state index contributed by atoms with van der Waals surface area (Å²) in [6, 6.07) is 15.8. The predicted octanol–water partition coefficient (Wildman–Crippen LogP) is 2.98. The molecule has 0 spiro atoms. The number of amides is 1. The zero-order valence-electron chi connectivity index (χ0n) is 21.1.